The largest absolute Gasteiger partial charge is 0.497 e. The number of hydrogen-bond acceptors (Lipinski definition) is 4. The van der Waals surface area contributed by atoms with Crippen molar-refractivity contribution in [1.82, 2.24) is 0 Å². The number of amides is 1. The third-order valence-electron chi connectivity index (χ3n) is 4.37. The third-order valence-corrected chi connectivity index (χ3v) is 4.37. The van der Waals surface area contributed by atoms with Gasteiger partial charge in [0, 0.05) is 16.8 Å². The summed E-state index contributed by atoms with van der Waals surface area (Å²) in [6, 6.07) is 17.9. The van der Waals surface area contributed by atoms with Gasteiger partial charge in [-0.15, -0.1) is 0 Å². The zero-order valence-corrected chi connectivity index (χ0v) is 15.6. The lowest BCUT2D eigenvalue weighted by Gasteiger charge is -2.14. The minimum Gasteiger partial charge on any atom is -0.497 e. The number of benzene rings is 3. The summed E-state index contributed by atoms with van der Waals surface area (Å²) in [5, 5.41) is 19.7. The number of anilines is 1. The Morgan fingerprint density at radius 2 is 1.66 bits per heavy atom. The van der Waals surface area contributed by atoms with Gasteiger partial charge in [0.1, 0.15) is 11.6 Å². The number of nitrogen functional groups attached to an aromatic ring is 1. The van der Waals surface area contributed by atoms with Crippen molar-refractivity contribution in [1.29, 1.82) is 5.41 Å². The van der Waals surface area contributed by atoms with E-state index in [4.69, 9.17) is 15.9 Å². The fourth-order valence-electron chi connectivity index (χ4n) is 2.91. The molecule has 0 saturated heterocycles. The van der Waals surface area contributed by atoms with Crippen LogP contribution in [-0.4, -0.2) is 29.9 Å². The molecule has 3 aromatic rings. The lowest BCUT2D eigenvalue weighted by molar-refractivity contribution is 0.0697. The summed E-state index contributed by atoms with van der Waals surface area (Å²) in [6.07, 6.45) is 0. The van der Waals surface area contributed by atoms with E-state index in [0.717, 1.165) is 0 Å². The Labute approximate surface area is 167 Å². The Kier molecular flexibility index (Phi) is 5.59. The van der Waals surface area contributed by atoms with E-state index in [1.54, 1.807) is 60.7 Å². The molecule has 0 aliphatic carbocycles. The van der Waals surface area contributed by atoms with Crippen LogP contribution in [0.2, 0.25) is 0 Å². The molecular formula is C22H19N3O4. The number of nitrogens with two attached hydrogens (primary N) is 1. The van der Waals surface area contributed by atoms with Gasteiger partial charge in [-0.3, -0.25) is 10.2 Å². The molecule has 0 saturated carbocycles. The first-order chi connectivity index (χ1) is 13.9. The van der Waals surface area contributed by atoms with Gasteiger partial charge < -0.3 is 20.9 Å². The zero-order valence-electron chi connectivity index (χ0n) is 15.6. The van der Waals surface area contributed by atoms with E-state index >= 15 is 0 Å². The SMILES string of the molecule is COc1ccc(C(=O)Nc2ccc(C(=N)N)cc2)c(-c2ccccc2C(=O)O)c1. The summed E-state index contributed by atoms with van der Waals surface area (Å²) in [5.74, 6) is -1.05. The average Bonchev–Trinajstić information content (AvgIpc) is 2.73. The normalized spacial score (nSPS) is 10.2. The maximum Gasteiger partial charge on any atom is 0.336 e. The second-order valence-electron chi connectivity index (χ2n) is 6.21. The maximum atomic E-state index is 12.9. The molecular weight excluding hydrogens is 370 g/mol. The summed E-state index contributed by atoms with van der Waals surface area (Å²) in [4.78, 5) is 24.6. The number of carboxylic acid groups (broad SMARTS) is 1. The van der Waals surface area contributed by atoms with E-state index in [1.165, 1.54) is 13.2 Å². The minimum absolute atomic E-state index is 0.0643. The van der Waals surface area contributed by atoms with Crippen molar-refractivity contribution in [3.63, 3.8) is 0 Å². The monoisotopic (exact) mass is 389 g/mol. The van der Waals surface area contributed by atoms with Crippen molar-refractivity contribution in [3.05, 3.63) is 83.4 Å². The van der Waals surface area contributed by atoms with Crippen LogP contribution in [0.1, 0.15) is 26.3 Å². The highest BCUT2D eigenvalue weighted by Gasteiger charge is 2.19. The van der Waals surface area contributed by atoms with Crippen LogP contribution in [0.4, 0.5) is 5.69 Å². The van der Waals surface area contributed by atoms with Gasteiger partial charge >= 0.3 is 5.97 Å². The number of methoxy groups -OCH3 is 1. The van der Waals surface area contributed by atoms with Gasteiger partial charge in [-0.25, -0.2) is 4.79 Å². The first-order valence-corrected chi connectivity index (χ1v) is 8.67. The lowest BCUT2D eigenvalue weighted by atomic mass is 9.94. The van der Waals surface area contributed by atoms with Gasteiger partial charge in [-0.05, 0) is 59.7 Å². The summed E-state index contributed by atoms with van der Waals surface area (Å²) < 4.78 is 5.25. The molecule has 0 aliphatic rings. The molecule has 0 bridgehead atoms. The highest BCUT2D eigenvalue weighted by molar-refractivity contribution is 6.10. The second-order valence-corrected chi connectivity index (χ2v) is 6.21. The molecule has 29 heavy (non-hydrogen) atoms. The second kappa shape index (κ2) is 8.26. The number of rotatable bonds is 6. The fourth-order valence-corrected chi connectivity index (χ4v) is 2.91. The molecule has 0 aromatic heterocycles. The number of hydrogen-bond donors (Lipinski definition) is 4. The topological polar surface area (TPSA) is 126 Å². The molecule has 7 heteroatoms. The maximum absolute atomic E-state index is 12.9. The molecule has 0 atom stereocenters. The van der Waals surface area contributed by atoms with E-state index in [-0.39, 0.29) is 11.4 Å². The molecule has 0 unspecified atom stereocenters. The molecule has 5 N–H and O–H groups in total. The van der Waals surface area contributed by atoms with Gasteiger partial charge in [0.15, 0.2) is 0 Å². The highest BCUT2D eigenvalue weighted by atomic mass is 16.5. The number of amidine groups is 1. The van der Waals surface area contributed by atoms with E-state index in [1.807, 2.05) is 0 Å². The van der Waals surface area contributed by atoms with Gasteiger partial charge in [0.05, 0.1) is 12.7 Å². The molecule has 7 nitrogen and oxygen atoms in total. The van der Waals surface area contributed by atoms with E-state index < -0.39 is 11.9 Å². The first-order valence-electron chi connectivity index (χ1n) is 8.67. The van der Waals surface area contributed by atoms with Crippen LogP contribution in [0, 0.1) is 5.41 Å². The summed E-state index contributed by atoms with van der Waals surface area (Å²) in [6.45, 7) is 0. The van der Waals surface area contributed by atoms with Crippen molar-refractivity contribution >= 4 is 23.4 Å². The van der Waals surface area contributed by atoms with E-state index in [0.29, 0.717) is 33.7 Å². The van der Waals surface area contributed by atoms with Crippen molar-refractivity contribution < 1.29 is 19.4 Å². The van der Waals surface area contributed by atoms with Crippen LogP contribution < -0.4 is 15.8 Å². The van der Waals surface area contributed by atoms with Crippen LogP contribution >= 0.6 is 0 Å². The highest BCUT2D eigenvalue weighted by Crippen LogP contribution is 2.31. The molecule has 0 heterocycles. The number of carbonyl (C=O) groups excluding carboxylic acids is 1. The average molecular weight is 389 g/mol. The van der Waals surface area contributed by atoms with E-state index in [2.05, 4.69) is 5.32 Å². The van der Waals surface area contributed by atoms with E-state index in [9.17, 15) is 14.7 Å². The number of carbonyl (C=O) groups is 2. The molecule has 1 amide bonds. The summed E-state index contributed by atoms with van der Waals surface area (Å²) in [5.41, 5.74) is 7.75. The lowest BCUT2D eigenvalue weighted by Crippen LogP contribution is -2.15. The Morgan fingerprint density at radius 3 is 2.28 bits per heavy atom. The van der Waals surface area contributed by atoms with Crippen LogP contribution in [0.5, 0.6) is 5.75 Å². The zero-order chi connectivity index (χ0) is 21.0. The number of aromatic carboxylic acids is 1. The molecule has 3 aromatic carbocycles. The van der Waals surface area contributed by atoms with Gasteiger partial charge in [0.25, 0.3) is 5.91 Å². The molecule has 0 fully saturated rings. The molecule has 0 aliphatic heterocycles. The van der Waals surface area contributed by atoms with Gasteiger partial charge in [0.2, 0.25) is 0 Å². The minimum atomic E-state index is -1.09. The van der Waals surface area contributed by atoms with Crippen LogP contribution in [0.15, 0.2) is 66.7 Å². The number of nitrogens with one attached hydrogen (secondary N) is 2. The van der Waals surface area contributed by atoms with Crippen molar-refractivity contribution in [2.24, 2.45) is 5.73 Å². The number of ether oxygens (including phenoxy) is 1. The van der Waals surface area contributed by atoms with Crippen molar-refractivity contribution in [2.75, 3.05) is 12.4 Å². The standard InChI is InChI=1S/C22H19N3O4/c1-29-15-10-11-17(19(12-15)16-4-2-3-5-18(16)22(27)28)21(26)25-14-8-6-13(7-9-14)20(23)24/h2-12H,1H3,(H3,23,24)(H,25,26)(H,27,28). The smallest absolute Gasteiger partial charge is 0.336 e. The first kappa shape index (κ1) is 19.6. The fraction of sp³-hybridized carbons (Fsp3) is 0.0455. The Bertz CT molecular complexity index is 1090. The third kappa shape index (κ3) is 4.24. The Balaban J connectivity index is 2.02. The summed E-state index contributed by atoms with van der Waals surface area (Å²) in [7, 11) is 1.50. The van der Waals surface area contributed by atoms with Gasteiger partial charge in [-0.1, -0.05) is 18.2 Å². The van der Waals surface area contributed by atoms with Crippen LogP contribution in [0.25, 0.3) is 11.1 Å². The molecule has 0 radical (unpaired) electrons. The molecule has 0 spiro atoms. The Morgan fingerprint density at radius 1 is 0.966 bits per heavy atom. The van der Waals surface area contributed by atoms with Crippen LogP contribution in [-0.2, 0) is 0 Å². The predicted octanol–water partition coefficient (Wildman–Crippen LogP) is 3.60. The quantitative estimate of drug-likeness (QED) is 0.379. The van der Waals surface area contributed by atoms with Gasteiger partial charge in [-0.2, -0.15) is 0 Å². The molecule has 3 rings (SSSR count). The Hall–Kier alpha value is -4.13. The van der Waals surface area contributed by atoms with Crippen molar-refractivity contribution in [2.45, 2.75) is 0 Å². The number of carboxylic acids is 1. The summed E-state index contributed by atoms with van der Waals surface area (Å²) >= 11 is 0. The predicted molar refractivity (Wildman–Crippen MR) is 111 cm³/mol. The molecule has 146 valence electrons. The van der Waals surface area contributed by atoms with Crippen LogP contribution in [0.3, 0.4) is 0 Å². The van der Waals surface area contributed by atoms with Crippen molar-refractivity contribution in [3.8, 4) is 16.9 Å².